The Morgan fingerprint density at radius 1 is 1.07 bits per heavy atom. The van der Waals surface area contributed by atoms with Crippen LogP contribution in [0.5, 0.6) is 0 Å². The quantitative estimate of drug-likeness (QED) is 0.590. The zero-order chi connectivity index (χ0) is 20.3. The average molecular weight is 408 g/mol. The van der Waals surface area contributed by atoms with E-state index in [9.17, 15) is 9.90 Å². The molecule has 4 rings (SSSR count). The van der Waals surface area contributed by atoms with Crippen LogP contribution in [0, 0.1) is 5.41 Å². The second-order valence-corrected chi connectivity index (χ2v) is 8.94. The minimum absolute atomic E-state index is 0.00540. The summed E-state index contributed by atoms with van der Waals surface area (Å²) in [6.07, 6.45) is 0.267. The highest BCUT2D eigenvalue weighted by Gasteiger charge is 2.30. The number of ether oxygens (including phenoxy) is 1. The Bertz CT molecular complexity index is 940. The van der Waals surface area contributed by atoms with Crippen molar-refractivity contribution in [1.82, 2.24) is 5.32 Å². The number of aliphatic hydroxyl groups excluding tert-OH is 1. The normalized spacial score (nSPS) is 14.7. The molecule has 1 aliphatic carbocycles. The molecule has 2 N–H and O–H groups in total. The van der Waals surface area contributed by atoms with Crippen molar-refractivity contribution in [1.29, 1.82) is 0 Å². The lowest BCUT2D eigenvalue weighted by molar-refractivity contribution is 0.118. The van der Waals surface area contributed by atoms with Gasteiger partial charge in [-0.2, -0.15) is 0 Å². The Labute approximate surface area is 175 Å². The highest BCUT2D eigenvalue weighted by molar-refractivity contribution is 7.09. The number of fused-ring (bicyclic) bond motifs is 3. The highest BCUT2D eigenvalue weighted by atomic mass is 32.1. The molecule has 150 valence electrons. The second kappa shape index (κ2) is 8.39. The number of benzene rings is 2. The smallest absolute Gasteiger partial charge is 0.407 e. The third-order valence-electron chi connectivity index (χ3n) is 5.57. The van der Waals surface area contributed by atoms with Gasteiger partial charge in [-0.05, 0) is 40.1 Å². The number of hydrogen-bond acceptors (Lipinski definition) is 4. The van der Waals surface area contributed by atoms with E-state index in [0.29, 0.717) is 19.6 Å². The molecule has 1 atom stereocenters. The summed E-state index contributed by atoms with van der Waals surface area (Å²) in [6.45, 7) is 2.61. The maximum absolute atomic E-state index is 12.4. The number of aliphatic hydroxyl groups is 1. The van der Waals surface area contributed by atoms with Crippen LogP contribution in [0.1, 0.15) is 28.8 Å². The molecule has 2 aromatic carbocycles. The second-order valence-electron chi connectivity index (χ2n) is 7.90. The molecule has 4 nitrogen and oxygen atoms in total. The molecular weight excluding hydrogens is 382 g/mol. The summed E-state index contributed by atoms with van der Waals surface area (Å²) in [5.74, 6) is 0.0449. The van der Waals surface area contributed by atoms with E-state index in [1.807, 2.05) is 48.7 Å². The van der Waals surface area contributed by atoms with Crippen molar-refractivity contribution in [3.8, 4) is 11.1 Å². The average Bonchev–Trinajstić information content (AvgIpc) is 3.37. The summed E-state index contributed by atoms with van der Waals surface area (Å²) >= 11 is 1.66. The fourth-order valence-corrected chi connectivity index (χ4v) is 4.86. The van der Waals surface area contributed by atoms with Crippen molar-refractivity contribution in [2.75, 3.05) is 19.8 Å². The van der Waals surface area contributed by atoms with Gasteiger partial charge in [-0.1, -0.05) is 61.5 Å². The molecule has 1 amide bonds. The fourth-order valence-electron chi connectivity index (χ4n) is 3.94. The van der Waals surface area contributed by atoms with Crippen LogP contribution in [0.15, 0.2) is 66.0 Å². The van der Waals surface area contributed by atoms with Crippen LogP contribution in [0.25, 0.3) is 11.1 Å². The van der Waals surface area contributed by atoms with E-state index in [1.165, 1.54) is 27.1 Å². The van der Waals surface area contributed by atoms with E-state index in [0.717, 1.165) is 0 Å². The fraction of sp³-hybridized carbons (Fsp3) is 0.292. The number of hydrogen-bond donors (Lipinski definition) is 2. The molecule has 1 aliphatic rings. The largest absolute Gasteiger partial charge is 0.449 e. The van der Waals surface area contributed by atoms with Crippen molar-refractivity contribution < 1.29 is 14.6 Å². The molecular formula is C24H25NO3S. The first-order valence-electron chi connectivity index (χ1n) is 9.82. The third kappa shape index (κ3) is 4.21. The van der Waals surface area contributed by atoms with Gasteiger partial charge in [-0.15, -0.1) is 11.3 Å². The van der Waals surface area contributed by atoms with Crippen LogP contribution in [0.2, 0.25) is 0 Å². The van der Waals surface area contributed by atoms with Gasteiger partial charge in [0.1, 0.15) is 6.61 Å². The molecule has 1 aromatic heterocycles. The van der Waals surface area contributed by atoms with Crippen molar-refractivity contribution in [3.63, 3.8) is 0 Å². The van der Waals surface area contributed by atoms with Crippen LogP contribution in [-0.4, -0.2) is 31.0 Å². The lowest BCUT2D eigenvalue weighted by Crippen LogP contribution is -2.40. The minimum Gasteiger partial charge on any atom is -0.449 e. The molecule has 3 aromatic rings. The van der Waals surface area contributed by atoms with Crippen molar-refractivity contribution in [2.24, 2.45) is 5.41 Å². The molecule has 0 saturated carbocycles. The summed E-state index contributed by atoms with van der Waals surface area (Å²) in [5.41, 5.74) is 4.39. The lowest BCUT2D eigenvalue weighted by Gasteiger charge is -2.27. The number of carbonyl (C=O) groups excluding carboxylic acids is 1. The Morgan fingerprint density at radius 2 is 1.72 bits per heavy atom. The van der Waals surface area contributed by atoms with Crippen molar-refractivity contribution >= 4 is 17.4 Å². The first kappa shape index (κ1) is 19.7. The Morgan fingerprint density at radius 3 is 2.31 bits per heavy atom. The lowest BCUT2D eigenvalue weighted by atomic mass is 9.87. The zero-order valence-electron chi connectivity index (χ0n) is 16.4. The van der Waals surface area contributed by atoms with Crippen LogP contribution in [0.3, 0.4) is 0 Å². The number of carbonyl (C=O) groups is 1. The van der Waals surface area contributed by atoms with Gasteiger partial charge in [0.25, 0.3) is 0 Å². The maximum atomic E-state index is 12.4. The van der Waals surface area contributed by atoms with Gasteiger partial charge in [-0.3, -0.25) is 0 Å². The summed E-state index contributed by atoms with van der Waals surface area (Å²) in [4.78, 5) is 13.6. The summed E-state index contributed by atoms with van der Waals surface area (Å²) in [5, 5.41) is 14.7. The molecule has 0 bridgehead atoms. The monoisotopic (exact) mass is 407 g/mol. The molecule has 5 heteroatoms. The summed E-state index contributed by atoms with van der Waals surface area (Å²) in [6, 6.07) is 20.6. The molecule has 0 radical (unpaired) electrons. The summed E-state index contributed by atoms with van der Waals surface area (Å²) in [7, 11) is 0. The van der Waals surface area contributed by atoms with Crippen LogP contribution >= 0.6 is 11.3 Å². The van der Waals surface area contributed by atoms with Crippen LogP contribution in [0.4, 0.5) is 4.79 Å². The first-order valence-corrected chi connectivity index (χ1v) is 10.7. The van der Waals surface area contributed by atoms with Crippen molar-refractivity contribution in [3.05, 3.63) is 82.0 Å². The first-order chi connectivity index (χ1) is 14.1. The van der Waals surface area contributed by atoms with Gasteiger partial charge in [0.2, 0.25) is 0 Å². The van der Waals surface area contributed by atoms with Crippen LogP contribution in [-0.2, 0) is 11.2 Å². The summed E-state index contributed by atoms with van der Waals surface area (Å²) < 4.78 is 5.59. The van der Waals surface area contributed by atoms with E-state index in [4.69, 9.17) is 4.74 Å². The van der Waals surface area contributed by atoms with Crippen molar-refractivity contribution in [2.45, 2.75) is 19.3 Å². The Kier molecular flexibility index (Phi) is 5.69. The zero-order valence-corrected chi connectivity index (χ0v) is 17.2. The number of alkyl carbamates (subject to hydrolysis) is 1. The number of amides is 1. The molecule has 1 unspecified atom stereocenters. The van der Waals surface area contributed by atoms with Crippen LogP contribution < -0.4 is 5.32 Å². The number of nitrogens with one attached hydrogen (secondary N) is 1. The van der Waals surface area contributed by atoms with E-state index < -0.39 is 11.5 Å². The standard InChI is InChI=1S/C24H25NO3S/c1-24(16-26,13-17-7-6-12-29-17)15-25-23(27)28-14-22-20-10-4-2-8-18(20)19-9-3-5-11-21(19)22/h2-12,22,26H,13-16H2,1H3,(H,25,27). The topological polar surface area (TPSA) is 58.6 Å². The van der Waals surface area contributed by atoms with E-state index in [2.05, 4.69) is 29.6 Å². The molecule has 0 fully saturated rings. The van der Waals surface area contributed by atoms with Gasteiger partial charge >= 0.3 is 6.09 Å². The Hall–Kier alpha value is -2.63. The number of thiophene rings is 1. The maximum Gasteiger partial charge on any atom is 0.407 e. The third-order valence-corrected chi connectivity index (χ3v) is 6.44. The predicted octanol–water partition coefficient (Wildman–Crippen LogP) is 4.83. The SMILES string of the molecule is CC(CO)(CNC(=O)OCC1c2ccccc2-c2ccccc21)Cc1cccs1. The molecule has 0 saturated heterocycles. The predicted molar refractivity (Wildman–Crippen MR) is 116 cm³/mol. The molecule has 29 heavy (non-hydrogen) atoms. The van der Waals surface area contributed by atoms with Gasteiger partial charge in [0, 0.05) is 22.8 Å². The van der Waals surface area contributed by atoms with E-state index in [1.54, 1.807) is 11.3 Å². The molecule has 0 aliphatic heterocycles. The van der Waals surface area contributed by atoms with E-state index in [-0.39, 0.29) is 12.5 Å². The number of rotatable bonds is 7. The Balaban J connectivity index is 1.37. The van der Waals surface area contributed by atoms with Gasteiger partial charge in [0.15, 0.2) is 0 Å². The van der Waals surface area contributed by atoms with Gasteiger partial charge in [-0.25, -0.2) is 4.79 Å². The molecule has 1 heterocycles. The molecule has 0 spiro atoms. The van der Waals surface area contributed by atoms with Gasteiger partial charge < -0.3 is 15.2 Å². The minimum atomic E-state index is -0.447. The van der Waals surface area contributed by atoms with E-state index >= 15 is 0 Å². The highest BCUT2D eigenvalue weighted by Crippen LogP contribution is 2.44. The van der Waals surface area contributed by atoms with Gasteiger partial charge in [0.05, 0.1) is 6.61 Å².